The zero-order chi connectivity index (χ0) is 25.3. The van der Waals surface area contributed by atoms with E-state index in [1.54, 1.807) is 0 Å². The number of amides is 1. The fourth-order valence-corrected chi connectivity index (χ4v) is 6.77. The lowest BCUT2D eigenvalue weighted by Crippen LogP contribution is -2.48. The van der Waals surface area contributed by atoms with Crippen LogP contribution in [0.3, 0.4) is 0 Å². The summed E-state index contributed by atoms with van der Waals surface area (Å²) in [6.07, 6.45) is 8.52. The molecule has 0 aromatic carbocycles. The molecule has 0 spiro atoms. The Balaban J connectivity index is 1.63. The van der Waals surface area contributed by atoms with E-state index in [4.69, 9.17) is 9.47 Å². The molecule has 1 saturated carbocycles. The molecular weight excluding hydrogens is 462 g/mol. The molecular formula is C28H41NO5S. The highest BCUT2D eigenvalue weighted by Gasteiger charge is 2.39. The molecule has 35 heavy (non-hydrogen) atoms. The quantitative estimate of drug-likeness (QED) is 0.469. The fraction of sp³-hybridized carbons (Fsp3) is 0.714. The van der Waals surface area contributed by atoms with Crippen LogP contribution >= 0.6 is 11.3 Å². The summed E-state index contributed by atoms with van der Waals surface area (Å²) in [6, 6.07) is 1.96. The zero-order valence-electron chi connectivity index (χ0n) is 21.8. The Kier molecular flexibility index (Phi) is 8.08. The smallest absolute Gasteiger partial charge is 0.348 e. The number of carbonyl (C=O) groups excluding carboxylic acids is 1. The number of thiophene rings is 1. The number of ether oxygens (including phenoxy) is 2. The summed E-state index contributed by atoms with van der Waals surface area (Å²) in [5, 5.41) is 10.1. The van der Waals surface area contributed by atoms with Gasteiger partial charge in [0.05, 0.1) is 24.5 Å². The van der Waals surface area contributed by atoms with Gasteiger partial charge in [0.1, 0.15) is 4.88 Å². The molecule has 3 atom stereocenters. The number of carboxylic acid groups (broad SMARTS) is 1. The number of rotatable bonds is 6. The summed E-state index contributed by atoms with van der Waals surface area (Å²) in [6.45, 7) is 12.0. The Morgan fingerprint density at radius 1 is 1.14 bits per heavy atom. The summed E-state index contributed by atoms with van der Waals surface area (Å²) in [5.74, 6) is -0.756. The van der Waals surface area contributed by atoms with E-state index in [2.05, 4.69) is 40.7 Å². The number of anilines is 1. The van der Waals surface area contributed by atoms with Crippen molar-refractivity contribution in [2.24, 2.45) is 11.8 Å². The van der Waals surface area contributed by atoms with E-state index in [0.29, 0.717) is 12.3 Å². The van der Waals surface area contributed by atoms with Crippen LogP contribution in [0, 0.1) is 11.8 Å². The average Bonchev–Trinajstić information content (AvgIpc) is 3.45. The van der Waals surface area contributed by atoms with Gasteiger partial charge in [0.2, 0.25) is 5.91 Å². The van der Waals surface area contributed by atoms with Crippen LogP contribution in [0.5, 0.6) is 0 Å². The number of carbonyl (C=O) groups is 2. The first-order chi connectivity index (χ1) is 16.5. The van der Waals surface area contributed by atoms with Crippen molar-refractivity contribution in [3.63, 3.8) is 0 Å². The van der Waals surface area contributed by atoms with E-state index in [0.717, 1.165) is 56.4 Å². The average molecular weight is 504 g/mol. The van der Waals surface area contributed by atoms with Crippen molar-refractivity contribution in [2.45, 2.75) is 103 Å². The number of hydrogen-bond donors (Lipinski definition) is 1. The second-order valence-corrected chi connectivity index (χ2v) is 12.8. The molecule has 1 N–H and O–H groups in total. The van der Waals surface area contributed by atoms with Gasteiger partial charge in [0.15, 0.2) is 0 Å². The van der Waals surface area contributed by atoms with Crippen molar-refractivity contribution in [3.8, 4) is 0 Å². The second-order valence-electron chi connectivity index (χ2n) is 11.7. The van der Waals surface area contributed by atoms with Crippen LogP contribution in [0.25, 0.3) is 0 Å². The van der Waals surface area contributed by atoms with Crippen molar-refractivity contribution in [2.75, 3.05) is 18.1 Å². The van der Waals surface area contributed by atoms with E-state index < -0.39 is 5.97 Å². The van der Waals surface area contributed by atoms with Gasteiger partial charge in [-0.15, -0.1) is 11.3 Å². The first-order valence-corrected chi connectivity index (χ1v) is 14.0. The van der Waals surface area contributed by atoms with Gasteiger partial charge < -0.3 is 19.5 Å². The van der Waals surface area contributed by atoms with Crippen LogP contribution in [0.4, 0.5) is 5.69 Å². The maximum atomic E-state index is 14.2. The molecule has 1 aliphatic heterocycles. The molecule has 2 aliphatic carbocycles. The lowest BCUT2D eigenvalue weighted by atomic mass is 9.79. The maximum absolute atomic E-state index is 14.2. The third kappa shape index (κ3) is 6.00. The number of allylic oxidation sites excluding steroid dienone is 2. The lowest BCUT2D eigenvalue weighted by molar-refractivity contribution is -0.124. The third-order valence-electron chi connectivity index (χ3n) is 7.79. The molecule has 0 bridgehead atoms. The summed E-state index contributed by atoms with van der Waals surface area (Å²) in [4.78, 5) is 29.7. The van der Waals surface area contributed by atoms with E-state index in [-0.39, 0.29) is 46.3 Å². The van der Waals surface area contributed by atoms with Crippen molar-refractivity contribution < 1.29 is 24.2 Å². The summed E-state index contributed by atoms with van der Waals surface area (Å²) < 4.78 is 11.7. The topological polar surface area (TPSA) is 76.1 Å². The van der Waals surface area contributed by atoms with Crippen LogP contribution in [0.2, 0.25) is 0 Å². The first-order valence-electron chi connectivity index (χ1n) is 13.1. The van der Waals surface area contributed by atoms with Gasteiger partial charge in [-0.3, -0.25) is 4.79 Å². The maximum Gasteiger partial charge on any atom is 0.348 e. The van der Waals surface area contributed by atoms with Crippen LogP contribution in [0.15, 0.2) is 17.7 Å². The number of hydrogen-bond acceptors (Lipinski definition) is 5. The van der Waals surface area contributed by atoms with Gasteiger partial charge in [0.25, 0.3) is 0 Å². The number of nitrogens with zero attached hydrogens (tertiary/aromatic N) is 1. The van der Waals surface area contributed by atoms with Crippen molar-refractivity contribution in [1.29, 1.82) is 0 Å². The predicted molar refractivity (Wildman–Crippen MR) is 139 cm³/mol. The standard InChI is InChI=1S/C28H41NO5S/c1-17-6-11-22(18(2)14-17)26(30)29(23-15-24(28(3,4)5)35-25(23)27(31)32)19-7-9-20(10-8-19)34-21-12-13-33-16-21/h6,15,18-22H,7-14,16H2,1-5H3,(H,31,32)/t18-,19?,20?,21-,22?/m0/s1. The van der Waals surface area contributed by atoms with Crippen molar-refractivity contribution in [3.05, 3.63) is 27.5 Å². The minimum absolute atomic E-state index is 0.0121. The van der Waals surface area contributed by atoms with Crippen molar-refractivity contribution in [1.82, 2.24) is 0 Å². The van der Waals surface area contributed by atoms with Crippen LogP contribution < -0.4 is 4.90 Å². The molecule has 2 heterocycles. The number of carboxylic acids is 1. The molecule has 4 rings (SSSR count). The molecule has 1 unspecified atom stereocenters. The van der Waals surface area contributed by atoms with Gasteiger partial charge in [-0.1, -0.05) is 39.3 Å². The molecule has 2 fully saturated rings. The Bertz CT molecular complexity index is 947. The summed E-state index contributed by atoms with van der Waals surface area (Å²) in [5.41, 5.74) is 1.73. The van der Waals surface area contributed by atoms with E-state index in [9.17, 15) is 14.7 Å². The highest BCUT2D eigenvalue weighted by molar-refractivity contribution is 7.14. The molecule has 194 valence electrons. The van der Waals surface area contributed by atoms with E-state index in [1.165, 1.54) is 16.9 Å². The fourth-order valence-electron chi connectivity index (χ4n) is 5.73. The lowest BCUT2D eigenvalue weighted by Gasteiger charge is -2.40. The first kappa shape index (κ1) is 26.4. The Morgan fingerprint density at radius 2 is 1.86 bits per heavy atom. The molecule has 1 aromatic rings. The van der Waals surface area contributed by atoms with Crippen LogP contribution in [-0.2, 0) is 19.7 Å². The summed E-state index contributed by atoms with van der Waals surface area (Å²) >= 11 is 1.31. The van der Waals surface area contributed by atoms with E-state index in [1.807, 2.05) is 11.0 Å². The molecule has 3 aliphatic rings. The normalized spacial score (nSPS) is 29.6. The van der Waals surface area contributed by atoms with Crippen molar-refractivity contribution >= 4 is 28.9 Å². The molecule has 6 nitrogen and oxygen atoms in total. The van der Waals surface area contributed by atoms with Crippen LogP contribution in [0.1, 0.15) is 94.1 Å². The molecule has 1 amide bonds. The van der Waals surface area contributed by atoms with Gasteiger partial charge in [-0.25, -0.2) is 4.79 Å². The third-order valence-corrected chi connectivity index (χ3v) is 9.33. The Hall–Kier alpha value is -1.70. The molecule has 0 radical (unpaired) electrons. The van der Waals surface area contributed by atoms with Crippen LogP contribution in [-0.4, -0.2) is 48.4 Å². The van der Waals surface area contributed by atoms with Gasteiger partial charge >= 0.3 is 5.97 Å². The summed E-state index contributed by atoms with van der Waals surface area (Å²) in [7, 11) is 0. The Labute approximate surface area is 213 Å². The minimum atomic E-state index is -0.955. The molecule has 7 heteroatoms. The zero-order valence-corrected chi connectivity index (χ0v) is 22.7. The molecule has 1 saturated heterocycles. The highest BCUT2D eigenvalue weighted by atomic mass is 32.1. The highest BCUT2D eigenvalue weighted by Crippen LogP contribution is 2.42. The Morgan fingerprint density at radius 3 is 2.43 bits per heavy atom. The SMILES string of the molecule is CC1=CCC(C(=O)N(c2cc(C(C)(C)C)sc2C(=O)O)C2CCC(O[C@H]3CCOC3)CC2)[C@@H](C)C1. The number of aromatic carboxylic acids is 1. The largest absolute Gasteiger partial charge is 0.477 e. The van der Waals surface area contributed by atoms with Gasteiger partial charge in [-0.05, 0) is 69.3 Å². The molecule has 1 aromatic heterocycles. The van der Waals surface area contributed by atoms with E-state index >= 15 is 0 Å². The monoisotopic (exact) mass is 503 g/mol. The van der Waals surface area contributed by atoms with Gasteiger partial charge in [0, 0.05) is 23.4 Å². The minimum Gasteiger partial charge on any atom is -0.477 e. The van der Waals surface area contributed by atoms with Gasteiger partial charge in [-0.2, -0.15) is 0 Å². The second kappa shape index (κ2) is 10.7. The predicted octanol–water partition coefficient (Wildman–Crippen LogP) is 6.19.